The molecule has 0 aliphatic heterocycles. The number of oxazole rings is 1. The van der Waals surface area contributed by atoms with E-state index in [1.807, 2.05) is 49.4 Å². The maximum Gasteiger partial charge on any atom is 0.234 e. The van der Waals surface area contributed by atoms with Crippen LogP contribution in [0.5, 0.6) is 0 Å². The van der Waals surface area contributed by atoms with Crippen LogP contribution < -0.4 is 5.32 Å². The summed E-state index contributed by atoms with van der Waals surface area (Å²) in [5, 5.41) is 3.48. The Labute approximate surface area is 180 Å². The molecule has 0 atom stereocenters. The van der Waals surface area contributed by atoms with Crippen LogP contribution in [0.2, 0.25) is 5.02 Å². The Hall–Kier alpha value is -3.09. The van der Waals surface area contributed by atoms with Gasteiger partial charge in [0, 0.05) is 17.1 Å². The molecule has 1 aromatic heterocycles. The van der Waals surface area contributed by atoms with Crippen LogP contribution in [0.3, 0.4) is 0 Å². The van der Waals surface area contributed by atoms with E-state index in [4.69, 9.17) is 16.0 Å². The van der Waals surface area contributed by atoms with Gasteiger partial charge in [0.2, 0.25) is 26.6 Å². The van der Waals surface area contributed by atoms with E-state index in [1.165, 1.54) is 12.1 Å². The normalized spacial score (nSPS) is 11.4. The van der Waals surface area contributed by atoms with Crippen molar-refractivity contribution in [3.8, 4) is 11.5 Å². The Morgan fingerprint density at radius 1 is 0.933 bits per heavy atom. The predicted octanol–water partition coefficient (Wildman–Crippen LogP) is 5.75. The van der Waals surface area contributed by atoms with E-state index in [0.29, 0.717) is 17.1 Å². The van der Waals surface area contributed by atoms with E-state index >= 15 is 0 Å². The van der Waals surface area contributed by atoms with Crippen molar-refractivity contribution in [2.45, 2.75) is 23.4 Å². The van der Waals surface area contributed by atoms with Crippen LogP contribution >= 0.6 is 11.6 Å². The third-order valence-corrected chi connectivity index (χ3v) is 6.65. The number of hydrogen-bond donors (Lipinski definition) is 1. The van der Waals surface area contributed by atoms with Crippen molar-refractivity contribution >= 4 is 27.3 Å². The third kappa shape index (κ3) is 4.10. The molecular formula is C23H19ClN2O3S. The fourth-order valence-corrected chi connectivity index (χ4v) is 4.45. The molecule has 0 saturated carbocycles. The minimum Gasteiger partial charge on any atom is -0.419 e. The molecule has 30 heavy (non-hydrogen) atoms. The van der Waals surface area contributed by atoms with Gasteiger partial charge in [-0.05, 0) is 42.8 Å². The van der Waals surface area contributed by atoms with Gasteiger partial charge in [-0.15, -0.1) is 0 Å². The number of nitrogens with zero attached hydrogens (tertiary/aromatic N) is 1. The molecule has 4 aromatic rings. The first-order valence-electron chi connectivity index (χ1n) is 9.30. The first kappa shape index (κ1) is 20.2. The highest BCUT2D eigenvalue weighted by atomic mass is 35.5. The highest BCUT2D eigenvalue weighted by Gasteiger charge is 2.28. The Morgan fingerprint density at radius 3 is 2.30 bits per heavy atom. The highest BCUT2D eigenvalue weighted by molar-refractivity contribution is 7.91. The Kier molecular flexibility index (Phi) is 5.61. The fourth-order valence-electron chi connectivity index (χ4n) is 2.95. The largest absolute Gasteiger partial charge is 0.419 e. The summed E-state index contributed by atoms with van der Waals surface area (Å²) in [5.41, 5.74) is 2.59. The topological polar surface area (TPSA) is 72.2 Å². The van der Waals surface area contributed by atoms with E-state index in [1.54, 1.807) is 24.3 Å². The molecule has 3 aromatic carbocycles. The van der Waals surface area contributed by atoms with Crippen LogP contribution in [0.15, 0.2) is 93.2 Å². The van der Waals surface area contributed by atoms with Crippen molar-refractivity contribution in [1.29, 1.82) is 0 Å². The number of halogens is 1. The summed E-state index contributed by atoms with van der Waals surface area (Å²) in [7, 11) is -3.88. The van der Waals surface area contributed by atoms with Crippen LogP contribution in [0.4, 0.5) is 5.88 Å². The second kappa shape index (κ2) is 8.34. The molecular weight excluding hydrogens is 420 g/mol. The van der Waals surface area contributed by atoms with Gasteiger partial charge in [-0.3, -0.25) is 0 Å². The lowest BCUT2D eigenvalue weighted by Crippen LogP contribution is -2.07. The molecule has 0 fully saturated rings. The summed E-state index contributed by atoms with van der Waals surface area (Å²) in [6, 6.07) is 23.0. The number of sulfone groups is 1. The lowest BCUT2D eigenvalue weighted by atomic mass is 10.1. The van der Waals surface area contributed by atoms with Crippen molar-refractivity contribution in [2.75, 3.05) is 5.32 Å². The number of benzene rings is 3. The van der Waals surface area contributed by atoms with Crippen LogP contribution in [-0.4, -0.2) is 13.4 Å². The number of anilines is 1. The second-order valence-corrected chi connectivity index (χ2v) is 9.05. The van der Waals surface area contributed by atoms with Gasteiger partial charge in [-0.25, -0.2) is 8.42 Å². The summed E-state index contributed by atoms with van der Waals surface area (Å²) in [6.45, 7) is 2.26. The number of nitrogens with one attached hydrogen (secondary N) is 1. The number of aromatic nitrogens is 1. The Balaban J connectivity index is 1.77. The summed E-state index contributed by atoms with van der Waals surface area (Å²) in [6.07, 6.45) is 0. The van der Waals surface area contributed by atoms with Gasteiger partial charge in [0.05, 0.1) is 4.90 Å². The smallest absolute Gasteiger partial charge is 0.234 e. The summed E-state index contributed by atoms with van der Waals surface area (Å²) in [5.74, 6) is 0.306. The Morgan fingerprint density at radius 2 is 1.60 bits per heavy atom. The molecule has 0 aliphatic rings. The zero-order chi connectivity index (χ0) is 21.1. The van der Waals surface area contributed by atoms with Crippen molar-refractivity contribution in [3.05, 3.63) is 95.0 Å². The maximum absolute atomic E-state index is 13.2. The van der Waals surface area contributed by atoms with E-state index in [9.17, 15) is 8.42 Å². The van der Waals surface area contributed by atoms with E-state index in [0.717, 1.165) is 11.1 Å². The molecule has 152 valence electrons. The first-order valence-corrected chi connectivity index (χ1v) is 11.2. The van der Waals surface area contributed by atoms with Crippen molar-refractivity contribution in [1.82, 2.24) is 4.98 Å². The van der Waals surface area contributed by atoms with Gasteiger partial charge >= 0.3 is 0 Å². The van der Waals surface area contributed by atoms with Crippen LogP contribution in [-0.2, 0) is 16.4 Å². The van der Waals surface area contributed by atoms with Crippen molar-refractivity contribution in [2.24, 2.45) is 0 Å². The fraction of sp³-hybridized carbons (Fsp3) is 0.0870. The Bertz CT molecular complexity index is 1270. The van der Waals surface area contributed by atoms with Gasteiger partial charge in [-0.1, -0.05) is 65.7 Å². The second-order valence-electron chi connectivity index (χ2n) is 6.78. The maximum atomic E-state index is 13.2. The van der Waals surface area contributed by atoms with E-state index < -0.39 is 9.84 Å². The minimum absolute atomic E-state index is 0.0781. The number of rotatable bonds is 6. The van der Waals surface area contributed by atoms with Crippen LogP contribution in [0.1, 0.15) is 11.1 Å². The number of aryl methyl sites for hydroxylation is 1. The summed E-state index contributed by atoms with van der Waals surface area (Å²) < 4.78 is 32.4. The standard InChI is InChI=1S/C23H19ClN2O3S/c1-16-11-13-17(14-12-16)21-26-23(30(27,28)19-8-3-2-4-9-19)22(29-21)25-15-18-7-5-6-10-20(18)24/h2-14,25H,15H2,1H3. The molecule has 0 spiro atoms. The molecule has 0 radical (unpaired) electrons. The molecule has 0 saturated heterocycles. The molecule has 0 aliphatic carbocycles. The molecule has 5 nitrogen and oxygen atoms in total. The summed E-state index contributed by atoms with van der Waals surface area (Å²) in [4.78, 5) is 4.49. The predicted molar refractivity (Wildman–Crippen MR) is 117 cm³/mol. The molecule has 0 amide bonds. The van der Waals surface area contributed by atoms with E-state index in [2.05, 4.69) is 10.3 Å². The van der Waals surface area contributed by atoms with Crippen molar-refractivity contribution < 1.29 is 12.8 Å². The van der Waals surface area contributed by atoms with Gasteiger partial charge in [0.1, 0.15) is 0 Å². The molecule has 1 heterocycles. The number of hydrogen-bond acceptors (Lipinski definition) is 5. The average molecular weight is 439 g/mol. The molecule has 7 heteroatoms. The molecule has 1 N–H and O–H groups in total. The lowest BCUT2D eigenvalue weighted by molar-refractivity contribution is 0.576. The average Bonchev–Trinajstić information content (AvgIpc) is 3.19. The minimum atomic E-state index is -3.88. The third-order valence-electron chi connectivity index (χ3n) is 4.60. The molecule has 0 unspecified atom stereocenters. The van der Waals surface area contributed by atoms with Crippen LogP contribution in [0.25, 0.3) is 11.5 Å². The van der Waals surface area contributed by atoms with Crippen LogP contribution in [0, 0.1) is 6.92 Å². The quantitative estimate of drug-likeness (QED) is 0.415. The van der Waals surface area contributed by atoms with Crippen molar-refractivity contribution in [3.63, 3.8) is 0 Å². The van der Waals surface area contributed by atoms with Gasteiger partial charge in [0.15, 0.2) is 0 Å². The SMILES string of the molecule is Cc1ccc(-c2nc(S(=O)(=O)c3ccccc3)c(NCc3ccccc3Cl)o2)cc1. The molecule has 0 bridgehead atoms. The highest BCUT2D eigenvalue weighted by Crippen LogP contribution is 2.33. The zero-order valence-electron chi connectivity index (χ0n) is 16.2. The van der Waals surface area contributed by atoms with Gasteiger partial charge in [0.25, 0.3) is 0 Å². The van der Waals surface area contributed by atoms with Gasteiger partial charge < -0.3 is 9.73 Å². The monoisotopic (exact) mass is 438 g/mol. The molecule has 4 rings (SSSR count). The lowest BCUT2D eigenvalue weighted by Gasteiger charge is -2.07. The summed E-state index contributed by atoms with van der Waals surface area (Å²) >= 11 is 6.23. The zero-order valence-corrected chi connectivity index (χ0v) is 17.7. The first-order chi connectivity index (χ1) is 14.4. The van der Waals surface area contributed by atoms with Gasteiger partial charge in [-0.2, -0.15) is 4.98 Å². The van der Waals surface area contributed by atoms with E-state index in [-0.39, 0.29) is 21.7 Å².